The van der Waals surface area contributed by atoms with E-state index in [0.29, 0.717) is 0 Å². The highest BCUT2D eigenvalue weighted by Crippen LogP contribution is 2.52. The minimum Gasteiger partial charge on any atom is -0.394 e. The lowest BCUT2D eigenvalue weighted by Crippen LogP contribution is -2.65. The maximum absolute atomic E-state index is 13.0. The molecular formula is C17H31N2O13P. The van der Waals surface area contributed by atoms with E-state index in [1.54, 1.807) is 0 Å². The predicted octanol–water partition coefficient (Wildman–Crippen LogP) is -4.27. The lowest BCUT2D eigenvalue weighted by molar-refractivity contribution is -0.261. The molecule has 0 aromatic carbocycles. The van der Waals surface area contributed by atoms with Gasteiger partial charge in [0, 0.05) is 21.0 Å². The summed E-state index contributed by atoms with van der Waals surface area (Å²) in [4.78, 5) is 33.4. The smallest absolute Gasteiger partial charge is 0.358 e. The van der Waals surface area contributed by atoms with Crippen LogP contribution in [0.5, 0.6) is 0 Å². The Morgan fingerprint density at radius 1 is 0.909 bits per heavy atom. The first-order valence-corrected chi connectivity index (χ1v) is 11.7. The van der Waals surface area contributed by atoms with Crippen molar-refractivity contribution in [3.63, 3.8) is 0 Å². The van der Waals surface area contributed by atoms with Crippen LogP contribution in [0.2, 0.25) is 0 Å². The van der Waals surface area contributed by atoms with Gasteiger partial charge in [0.15, 0.2) is 12.1 Å². The molecule has 2 aliphatic rings. The molecule has 0 spiro atoms. The number of rotatable bonds is 8. The van der Waals surface area contributed by atoms with Crippen LogP contribution in [0, 0.1) is 0 Å². The highest BCUT2D eigenvalue weighted by atomic mass is 31.2. The fourth-order valence-corrected chi connectivity index (χ4v) is 5.15. The lowest BCUT2D eigenvalue weighted by Gasteiger charge is -2.44. The molecule has 0 aromatic rings. The number of hydrogen-bond donors (Lipinski definition) is 8. The van der Waals surface area contributed by atoms with E-state index in [1.807, 2.05) is 0 Å². The molecule has 2 fully saturated rings. The van der Waals surface area contributed by atoms with Gasteiger partial charge >= 0.3 is 7.60 Å². The number of carbonyl (C=O) groups excluding carboxylic acids is 2. The molecule has 0 saturated carbocycles. The van der Waals surface area contributed by atoms with Gasteiger partial charge in [0.05, 0.1) is 19.3 Å². The third-order valence-corrected chi connectivity index (χ3v) is 6.92. The molecule has 2 saturated heterocycles. The standard InChI is InChI=1S/C17H31N2O13P/c1-6(21)18-10-14(25)13(24)9(31-16(10)29-3)5-30-33(27,28)17-11(19-7(2)22)15(26)12(23)8(4-20)32-17/h8-17,20,23-26H,4-5H2,1-3H3,(H,18,21)(H,19,22)(H,27,28)/t8-,9-,10-,11-,12-,13-,14-,15-,16+,17-/m1/s1. The Hall–Kier alpha value is -1.23. The molecule has 2 rings (SSSR count). The number of aliphatic hydroxyl groups is 5. The first-order chi connectivity index (χ1) is 15.3. The molecule has 2 heterocycles. The second-order valence-corrected chi connectivity index (χ2v) is 9.70. The van der Waals surface area contributed by atoms with Crippen LogP contribution >= 0.6 is 7.60 Å². The van der Waals surface area contributed by atoms with Crippen molar-refractivity contribution in [1.82, 2.24) is 10.6 Å². The van der Waals surface area contributed by atoms with E-state index in [1.165, 1.54) is 14.0 Å². The third kappa shape index (κ3) is 6.46. The van der Waals surface area contributed by atoms with E-state index in [-0.39, 0.29) is 0 Å². The van der Waals surface area contributed by atoms with Gasteiger partial charge in [-0.3, -0.25) is 14.2 Å². The topological polar surface area (TPSA) is 234 Å². The monoisotopic (exact) mass is 502 g/mol. The summed E-state index contributed by atoms with van der Waals surface area (Å²) in [6.45, 7) is 0.678. The maximum Gasteiger partial charge on any atom is 0.358 e. The van der Waals surface area contributed by atoms with Gasteiger partial charge in [-0.05, 0) is 0 Å². The molecule has 15 nitrogen and oxygen atoms in total. The van der Waals surface area contributed by atoms with Gasteiger partial charge in [0.1, 0.15) is 42.7 Å². The van der Waals surface area contributed by atoms with Crippen molar-refractivity contribution in [2.75, 3.05) is 20.3 Å². The Bertz CT molecular complexity index is 740. The quantitative estimate of drug-likeness (QED) is 0.147. The van der Waals surface area contributed by atoms with Crippen molar-refractivity contribution in [3.8, 4) is 0 Å². The number of aliphatic hydroxyl groups excluding tert-OH is 5. The number of ether oxygens (including phenoxy) is 3. The summed E-state index contributed by atoms with van der Waals surface area (Å²) in [6, 6.07) is -2.71. The molecule has 16 heteroatoms. The van der Waals surface area contributed by atoms with E-state index in [0.717, 1.165) is 6.92 Å². The summed E-state index contributed by atoms with van der Waals surface area (Å²) < 4.78 is 33.8. The van der Waals surface area contributed by atoms with Crippen LogP contribution in [0.1, 0.15) is 13.8 Å². The minimum atomic E-state index is -4.88. The number of methoxy groups -OCH3 is 1. The average molecular weight is 502 g/mol. The number of carbonyl (C=O) groups is 2. The Morgan fingerprint density at radius 3 is 1.94 bits per heavy atom. The first kappa shape index (κ1) is 28.0. The molecule has 1 unspecified atom stereocenters. The highest BCUT2D eigenvalue weighted by molar-refractivity contribution is 7.53. The molecule has 0 bridgehead atoms. The van der Waals surface area contributed by atoms with Gasteiger partial charge in [-0.15, -0.1) is 0 Å². The van der Waals surface area contributed by atoms with E-state index in [4.69, 9.17) is 18.7 Å². The SMILES string of the molecule is CO[C@H]1O[C@H](COP(=O)(O)[C@H]2O[C@H](CO)[C@@H](O)[C@H](O)[C@H]2NC(C)=O)[C@@H](O)[C@H](O)[C@H]1NC(C)=O. The summed E-state index contributed by atoms with van der Waals surface area (Å²) >= 11 is 0. The number of amides is 2. The molecule has 0 radical (unpaired) electrons. The molecule has 11 atom stereocenters. The van der Waals surface area contributed by atoms with Crippen LogP contribution in [0.4, 0.5) is 0 Å². The highest BCUT2D eigenvalue weighted by Gasteiger charge is 2.53. The molecule has 192 valence electrons. The van der Waals surface area contributed by atoms with Gasteiger partial charge in [0.25, 0.3) is 0 Å². The molecule has 33 heavy (non-hydrogen) atoms. The summed E-state index contributed by atoms with van der Waals surface area (Å²) in [6.07, 6.45) is -10.8. The normalized spacial score (nSPS) is 41.1. The maximum atomic E-state index is 13.0. The second-order valence-electron chi connectivity index (χ2n) is 7.80. The van der Waals surface area contributed by atoms with Crippen molar-refractivity contribution in [2.45, 2.75) is 74.7 Å². The summed E-state index contributed by atoms with van der Waals surface area (Å²) in [5, 5.41) is 54.9. The van der Waals surface area contributed by atoms with Gasteiger partial charge in [-0.2, -0.15) is 0 Å². The van der Waals surface area contributed by atoms with E-state index in [9.17, 15) is 44.6 Å². The number of hydrogen-bond acceptors (Lipinski definition) is 12. The van der Waals surface area contributed by atoms with E-state index >= 15 is 0 Å². The summed E-state index contributed by atoms with van der Waals surface area (Å²) in [5.74, 6) is -3.12. The zero-order chi connectivity index (χ0) is 25.1. The fraction of sp³-hybridized carbons (Fsp3) is 0.882. The average Bonchev–Trinajstić information content (AvgIpc) is 2.73. The van der Waals surface area contributed by atoms with Gasteiger partial charge in [0.2, 0.25) is 11.8 Å². The molecular weight excluding hydrogens is 471 g/mol. The lowest BCUT2D eigenvalue weighted by atomic mass is 9.97. The van der Waals surface area contributed by atoms with Crippen molar-refractivity contribution in [3.05, 3.63) is 0 Å². The van der Waals surface area contributed by atoms with E-state index < -0.39 is 93.5 Å². The Balaban J connectivity index is 2.17. The van der Waals surface area contributed by atoms with Crippen LogP contribution in [0.25, 0.3) is 0 Å². The van der Waals surface area contributed by atoms with Crippen LogP contribution < -0.4 is 10.6 Å². The zero-order valence-electron chi connectivity index (χ0n) is 18.2. The van der Waals surface area contributed by atoms with Crippen LogP contribution in [-0.2, 0) is 32.9 Å². The minimum absolute atomic E-state index is 0.524. The van der Waals surface area contributed by atoms with E-state index in [2.05, 4.69) is 10.6 Å². The van der Waals surface area contributed by atoms with Crippen LogP contribution in [0.3, 0.4) is 0 Å². The molecule has 2 aliphatic heterocycles. The first-order valence-electron chi connectivity index (χ1n) is 10.0. The Labute approximate surface area is 189 Å². The van der Waals surface area contributed by atoms with Gasteiger partial charge < -0.3 is 59.8 Å². The Kier molecular flexibility index (Phi) is 9.73. The zero-order valence-corrected chi connectivity index (χ0v) is 19.1. The van der Waals surface area contributed by atoms with Crippen LogP contribution in [0.15, 0.2) is 0 Å². The Morgan fingerprint density at radius 2 is 1.42 bits per heavy atom. The van der Waals surface area contributed by atoms with Crippen molar-refractivity contribution >= 4 is 19.4 Å². The van der Waals surface area contributed by atoms with Crippen molar-refractivity contribution in [1.29, 1.82) is 0 Å². The van der Waals surface area contributed by atoms with Crippen molar-refractivity contribution < 1.29 is 63.3 Å². The van der Waals surface area contributed by atoms with Crippen molar-refractivity contribution in [2.24, 2.45) is 0 Å². The summed E-state index contributed by atoms with van der Waals surface area (Å²) in [7, 11) is -3.66. The second kappa shape index (κ2) is 11.5. The molecule has 8 N–H and O–H groups in total. The van der Waals surface area contributed by atoms with Gasteiger partial charge in [-0.25, -0.2) is 0 Å². The molecule has 0 aromatic heterocycles. The fourth-order valence-electron chi connectivity index (χ4n) is 3.68. The summed E-state index contributed by atoms with van der Waals surface area (Å²) in [5.41, 5.74) is 0. The van der Waals surface area contributed by atoms with Gasteiger partial charge in [-0.1, -0.05) is 0 Å². The largest absolute Gasteiger partial charge is 0.394 e. The van der Waals surface area contributed by atoms with Crippen LogP contribution in [-0.4, -0.2) is 123 Å². The number of nitrogens with one attached hydrogen (secondary N) is 2. The molecule has 2 amide bonds. The predicted molar refractivity (Wildman–Crippen MR) is 106 cm³/mol. The third-order valence-electron chi connectivity index (χ3n) is 5.32. The molecule has 0 aliphatic carbocycles.